The SMILES string of the molecule is CCOC(=O)CCc1cc2ccoc2c(OCCNC2CCCCC2)c1O[C@@H]1O[C@H](CO)[C@]2(O)[C@H](O)[C@@]1(O)[C@@H]1[C@H]3C=C[C@H](O)[C@]1(CO)C=C[C@H]32. The normalized spacial score (nSPS) is 37.5. The second kappa shape index (κ2) is 13.8. The number of furan rings is 1. The minimum Gasteiger partial charge on any atom is -0.485 e. The van der Waals surface area contributed by atoms with Gasteiger partial charge in [0.15, 0.2) is 16.9 Å². The summed E-state index contributed by atoms with van der Waals surface area (Å²) in [6.45, 7) is 1.39. The summed E-state index contributed by atoms with van der Waals surface area (Å²) in [6.07, 6.45) is 7.47. The molecule has 0 spiro atoms. The van der Waals surface area contributed by atoms with Crippen molar-refractivity contribution in [1.82, 2.24) is 5.32 Å². The van der Waals surface area contributed by atoms with Gasteiger partial charge in [0.2, 0.25) is 12.0 Å². The van der Waals surface area contributed by atoms with Crippen LogP contribution in [-0.4, -0.2) is 111 Å². The Balaban J connectivity index is 1.30. The van der Waals surface area contributed by atoms with E-state index in [2.05, 4.69) is 5.32 Å². The fourth-order valence-corrected chi connectivity index (χ4v) is 9.39. The van der Waals surface area contributed by atoms with Crippen LogP contribution in [0.25, 0.3) is 11.0 Å². The van der Waals surface area contributed by atoms with Crippen molar-refractivity contribution in [3.63, 3.8) is 0 Å². The summed E-state index contributed by atoms with van der Waals surface area (Å²) in [4.78, 5) is 12.5. The summed E-state index contributed by atoms with van der Waals surface area (Å²) in [5, 5.41) is 73.7. The predicted molar refractivity (Wildman–Crippen MR) is 178 cm³/mol. The monoisotopic (exact) mass is 699 g/mol. The van der Waals surface area contributed by atoms with Gasteiger partial charge in [0, 0.05) is 41.6 Å². The van der Waals surface area contributed by atoms with Crippen molar-refractivity contribution in [1.29, 1.82) is 0 Å². The Morgan fingerprint density at radius 3 is 2.60 bits per heavy atom. The highest BCUT2D eigenvalue weighted by Gasteiger charge is 2.78. The number of aliphatic hydroxyl groups is 6. The van der Waals surface area contributed by atoms with Crippen LogP contribution in [0.3, 0.4) is 0 Å². The van der Waals surface area contributed by atoms with Gasteiger partial charge < -0.3 is 59.3 Å². The molecule has 0 unspecified atom stereocenters. The Morgan fingerprint density at radius 2 is 1.86 bits per heavy atom. The molecular weight excluding hydrogens is 650 g/mol. The van der Waals surface area contributed by atoms with Crippen molar-refractivity contribution in [2.24, 2.45) is 23.2 Å². The van der Waals surface area contributed by atoms with E-state index in [0.717, 1.165) is 12.8 Å². The van der Waals surface area contributed by atoms with Crippen LogP contribution in [0, 0.1) is 23.2 Å². The lowest BCUT2D eigenvalue weighted by Crippen LogP contribution is -2.85. The molecule has 10 atom stereocenters. The second-order valence-corrected chi connectivity index (χ2v) is 14.4. The number of esters is 1. The second-order valence-electron chi connectivity index (χ2n) is 14.4. The Morgan fingerprint density at radius 1 is 1.06 bits per heavy atom. The first-order valence-electron chi connectivity index (χ1n) is 17.9. The molecule has 0 radical (unpaired) electrons. The fraction of sp³-hybridized carbons (Fsp3) is 0.649. The number of benzene rings is 1. The quantitative estimate of drug-likeness (QED) is 0.0902. The van der Waals surface area contributed by atoms with E-state index >= 15 is 0 Å². The van der Waals surface area contributed by atoms with Gasteiger partial charge >= 0.3 is 5.97 Å². The smallest absolute Gasteiger partial charge is 0.306 e. The van der Waals surface area contributed by atoms with Crippen LogP contribution >= 0.6 is 0 Å². The van der Waals surface area contributed by atoms with E-state index < -0.39 is 78.2 Å². The van der Waals surface area contributed by atoms with Crippen molar-refractivity contribution in [2.75, 3.05) is 33.0 Å². The number of hydrogen-bond donors (Lipinski definition) is 7. The van der Waals surface area contributed by atoms with Gasteiger partial charge in [-0.05, 0) is 49.8 Å². The van der Waals surface area contributed by atoms with E-state index in [-0.39, 0.29) is 37.6 Å². The van der Waals surface area contributed by atoms with E-state index in [1.54, 1.807) is 37.3 Å². The van der Waals surface area contributed by atoms with Gasteiger partial charge in [-0.2, -0.15) is 0 Å². The zero-order chi connectivity index (χ0) is 35.3. The molecule has 3 fully saturated rings. The van der Waals surface area contributed by atoms with Crippen LogP contribution in [0.1, 0.15) is 51.0 Å². The molecule has 1 aromatic heterocycles. The number of aryl methyl sites for hydroxylation is 1. The summed E-state index contributed by atoms with van der Waals surface area (Å²) in [5.41, 5.74) is -5.19. The largest absolute Gasteiger partial charge is 0.485 e. The molecule has 2 saturated carbocycles. The highest BCUT2D eigenvalue weighted by atomic mass is 16.7. The molecule has 7 rings (SSSR count). The molecule has 5 aliphatic rings. The predicted octanol–water partition coefficient (Wildman–Crippen LogP) is 1.49. The maximum atomic E-state index is 12.8. The van der Waals surface area contributed by atoms with Gasteiger partial charge in [-0.1, -0.05) is 43.6 Å². The first-order chi connectivity index (χ1) is 24.1. The van der Waals surface area contributed by atoms with Crippen molar-refractivity contribution < 1.29 is 58.8 Å². The van der Waals surface area contributed by atoms with Crippen LogP contribution < -0.4 is 14.8 Å². The average molecular weight is 700 g/mol. The number of fused-ring (bicyclic) bond motifs is 4. The summed E-state index contributed by atoms with van der Waals surface area (Å²) in [6, 6.07) is 3.93. The molecular formula is C37H49NO12. The Bertz CT molecular complexity index is 1600. The highest BCUT2D eigenvalue weighted by molar-refractivity contribution is 5.87. The van der Waals surface area contributed by atoms with Crippen LogP contribution in [-0.2, 0) is 20.7 Å². The van der Waals surface area contributed by atoms with Gasteiger partial charge in [0.25, 0.3) is 0 Å². The lowest BCUT2D eigenvalue weighted by molar-refractivity contribution is -0.408. The lowest BCUT2D eigenvalue weighted by atomic mass is 9.42. The van der Waals surface area contributed by atoms with Gasteiger partial charge in [-0.25, -0.2) is 0 Å². The lowest BCUT2D eigenvalue weighted by Gasteiger charge is -2.69. The molecule has 0 amide bonds. The van der Waals surface area contributed by atoms with Crippen molar-refractivity contribution in [2.45, 2.75) is 93.7 Å². The Hall–Kier alpha value is -3.01. The molecule has 274 valence electrons. The average Bonchev–Trinajstić information content (AvgIpc) is 3.60. The standard InChI is InChI=1S/C37H49NO12/c1-2-46-28(42)11-8-21-18-22-13-16-47-29(22)31(48-17-15-38-23-6-4-3-5-7-23)30(21)50-34-37(45)32-24-9-10-26(41)35(32,20-40)14-12-25(24)36(44,33(37)43)27(19-39)49-34/h9-10,12-14,16,18,23-27,32-34,38-41,43-45H,2-8,11,15,17,19-20H2,1H3/t24-,25+,26-,27+,32+,33-,34-,35+,36-,37-/m0/s1. The molecule has 50 heavy (non-hydrogen) atoms. The van der Waals surface area contributed by atoms with Crippen LogP contribution in [0.4, 0.5) is 0 Å². The number of carbonyl (C=O) groups is 1. The molecule has 2 heterocycles. The summed E-state index contributed by atoms with van der Waals surface area (Å²) < 4.78 is 30.3. The topological polar surface area (TPSA) is 201 Å². The zero-order valence-corrected chi connectivity index (χ0v) is 28.3. The molecule has 13 nitrogen and oxygen atoms in total. The molecule has 2 aromatic rings. The maximum Gasteiger partial charge on any atom is 0.306 e. The fourth-order valence-electron chi connectivity index (χ4n) is 9.39. The molecule has 13 heteroatoms. The Kier molecular flexibility index (Phi) is 9.80. The molecule has 7 N–H and O–H groups in total. The number of allylic oxidation sites excluding steroid dienone is 1. The van der Waals surface area contributed by atoms with Gasteiger partial charge in [-0.15, -0.1) is 0 Å². The first-order valence-corrected chi connectivity index (χ1v) is 17.9. The molecule has 1 aliphatic heterocycles. The van der Waals surface area contributed by atoms with Gasteiger partial charge in [0.05, 0.1) is 32.2 Å². The molecule has 1 saturated heterocycles. The maximum absolute atomic E-state index is 12.8. The van der Waals surface area contributed by atoms with Crippen molar-refractivity contribution in [3.8, 4) is 11.5 Å². The molecule has 1 aromatic carbocycles. The van der Waals surface area contributed by atoms with Gasteiger partial charge in [0.1, 0.15) is 24.4 Å². The van der Waals surface area contributed by atoms with Gasteiger partial charge in [-0.3, -0.25) is 4.79 Å². The minimum atomic E-state index is -2.43. The third-order valence-electron chi connectivity index (χ3n) is 11.8. The van der Waals surface area contributed by atoms with Crippen molar-refractivity contribution >= 4 is 16.9 Å². The Labute approximate surface area is 290 Å². The van der Waals surface area contributed by atoms with E-state index in [0.29, 0.717) is 29.1 Å². The van der Waals surface area contributed by atoms with Crippen molar-refractivity contribution in [3.05, 3.63) is 48.3 Å². The first kappa shape index (κ1) is 35.4. The third kappa shape index (κ3) is 5.48. The van der Waals surface area contributed by atoms with Crippen LogP contribution in [0.15, 0.2) is 47.1 Å². The summed E-state index contributed by atoms with van der Waals surface area (Å²) >= 11 is 0. The number of ether oxygens (including phenoxy) is 4. The summed E-state index contributed by atoms with van der Waals surface area (Å²) in [5.74, 6) is -2.74. The van der Waals surface area contributed by atoms with Crippen LogP contribution in [0.2, 0.25) is 0 Å². The van der Waals surface area contributed by atoms with E-state index in [1.807, 2.05) is 0 Å². The zero-order valence-electron chi connectivity index (χ0n) is 28.3. The number of hydrogen-bond acceptors (Lipinski definition) is 13. The minimum absolute atomic E-state index is 0.00451. The third-order valence-corrected chi connectivity index (χ3v) is 11.8. The molecule has 6 bridgehead atoms. The van der Waals surface area contributed by atoms with E-state index in [4.69, 9.17) is 23.4 Å². The van der Waals surface area contributed by atoms with Crippen LogP contribution in [0.5, 0.6) is 11.5 Å². The van der Waals surface area contributed by atoms with E-state index in [9.17, 15) is 35.4 Å². The number of aliphatic hydroxyl groups excluding tert-OH is 4. The van der Waals surface area contributed by atoms with E-state index in [1.165, 1.54) is 31.6 Å². The highest BCUT2D eigenvalue weighted by Crippen LogP contribution is 2.64. The number of rotatable bonds is 13. The number of nitrogens with one attached hydrogen (secondary N) is 1. The summed E-state index contributed by atoms with van der Waals surface area (Å²) in [7, 11) is 0. The molecule has 4 aliphatic carbocycles. The number of carbonyl (C=O) groups excluding carboxylic acids is 1.